The van der Waals surface area contributed by atoms with Crippen molar-refractivity contribution in [3.63, 3.8) is 0 Å². The van der Waals surface area contributed by atoms with Crippen LogP contribution in [0.1, 0.15) is 19.4 Å². The van der Waals surface area contributed by atoms with Crippen LogP contribution in [0.15, 0.2) is 18.2 Å². The molecule has 0 aliphatic carbocycles. The number of hydrogen-bond donors (Lipinski definition) is 3. The second-order valence-corrected chi connectivity index (χ2v) is 6.64. The van der Waals surface area contributed by atoms with E-state index in [2.05, 4.69) is 16.0 Å². The van der Waals surface area contributed by atoms with Gasteiger partial charge in [-0.3, -0.25) is 19.3 Å². The number of carbonyl (C=O) groups excluding carboxylic acids is 4. The molecule has 0 aromatic heterocycles. The van der Waals surface area contributed by atoms with Gasteiger partial charge in [0, 0.05) is 22.2 Å². The lowest BCUT2D eigenvalue weighted by molar-refractivity contribution is -0.135. The lowest BCUT2D eigenvalue weighted by atomic mass is 9.92. The number of nitrogens with zero attached hydrogens (tertiary/aromatic N) is 1. The zero-order valence-corrected chi connectivity index (χ0v) is 15.7. The molecule has 1 saturated heterocycles. The minimum atomic E-state index is -1.42. The first-order valence-electron chi connectivity index (χ1n) is 7.82. The molecule has 140 valence electrons. The van der Waals surface area contributed by atoms with Crippen molar-refractivity contribution in [2.45, 2.75) is 19.4 Å². The van der Waals surface area contributed by atoms with Crippen molar-refractivity contribution in [1.82, 2.24) is 20.9 Å². The van der Waals surface area contributed by atoms with Crippen LogP contribution in [0.2, 0.25) is 10.0 Å². The van der Waals surface area contributed by atoms with Gasteiger partial charge in [0.1, 0.15) is 12.1 Å². The molecule has 1 aromatic carbocycles. The van der Waals surface area contributed by atoms with Crippen LogP contribution >= 0.6 is 23.2 Å². The molecule has 1 aromatic rings. The predicted molar refractivity (Wildman–Crippen MR) is 95.8 cm³/mol. The second-order valence-electron chi connectivity index (χ2n) is 5.80. The average Bonchev–Trinajstić information content (AvgIpc) is 2.77. The van der Waals surface area contributed by atoms with E-state index in [1.807, 2.05) is 0 Å². The van der Waals surface area contributed by atoms with E-state index >= 15 is 0 Å². The predicted octanol–water partition coefficient (Wildman–Crippen LogP) is 1.01. The van der Waals surface area contributed by atoms with Crippen molar-refractivity contribution in [2.75, 3.05) is 19.6 Å². The smallest absolute Gasteiger partial charge is 0.325 e. The zero-order chi connectivity index (χ0) is 19.5. The molecule has 1 heterocycles. The Balaban J connectivity index is 2.10. The van der Waals surface area contributed by atoms with E-state index in [0.29, 0.717) is 17.1 Å². The molecule has 8 nitrogen and oxygen atoms in total. The van der Waals surface area contributed by atoms with E-state index in [0.717, 1.165) is 4.90 Å². The Morgan fingerprint density at radius 2 is 1.88 bits per heavy atom. The van der Waals surface area contributed by atoms with Gasteiger partial charge in [0.15, 0.2) is 0 Å². The van der Waals surface area contributed by atoms with Gasteiger partial charge in [-0.1, -0.05) is 29.3 Å². The number of halogens is 2. The van der Waals surface area contributed by atoms with Crippen LogP contribution in [0.25, 0.3) is 0 Å². The maximum Gasteiger partial charge on any atom is 0.325 e. The van der Waals surface area contributed by atoms with Gasteiger partial charge < -0.3 is 16.0 Å². The molecule has 10 heteroatoms. The summed E-state index contributed by atoms with van der Waals surface area (Å²) in [4.78, 5) is 49.0. The van der Waals surface area contributed by atoms with Crippen molar-refractivity contribution in [2.24, 2.45) is 0 Å². The third kappa shape index (κ3) is 4.08. The van der Waals surface area contributed by atoms with Crippen LogP contribution in [0.4, 0.5) is 4.79 Å². The van der Waals surface area contributed by atoms with Crippen LogP contribution in [0.3, 0.4) is 0 Å². The van der Waals surface area contributed by atoms with Crippen LogP contribution < -0.4 is 16.0 Å². The first-order valence-corrected chi connectivity index (χ1v) is 8.57. The summed E-state index contributed by atoms with van der Waals surface area (Å²) >= 11 is 12.0. The first kappa shape index (κ1) is 20.0. The highest BCUT2D eigenvalue weighted by atomic mass is 35.5. The highest BCUT2D eigenvalue weighted by Crippen LogP contribution is 2.34. The van der Waals surface area contributed by atoms with E-state index in [9.17, 15) is 19.2 Å². The van der Waals surface area contributed by atoms with Gasteiger partial charge in [-0.05, 0) is 26.0 Å². The molecule has 1 atom stereocenters. The lowest BCUT2D eigenvalue weighted by Gasteiger charge is -2.23. The Kier molecular flexibility index (Phi) is 6.09. The fraction of sp³-hybridized carbons (Fsp3) is 0.375. The molecule has 1 aliphatic heterocycles. The minimum absolute atomic E-state index is 0.219. The minimum Gasteiger partial charge on any atom is -0.355 e. The molecule has 1 aliphatic rings. The van der Waals surface area contributed by atoms with Crippen molar-refractivity contribution < 1.29 is 19.2 Å². The van der Waals surface area contributed by atoms with Crippen LogP contribution in [-0.2, 0) is 19.9 Å². The van der Waals surface area contributed by atoms with Crippen LogP contribution in [0, 0.1) is 0 Å². The summed E-state index contributed by atoms with van der Waals surface area (Å²) in [5.41, 5.74) is -1.05. The molecule has 3 N–H and O–H groups in total. The number of nitrogens with one attached hydrogen (secondary N) is 3. The number of urea groups is 1. The lowest BCUT2D eigenvalue weighted by Crippen LogP contribution is -2.45. The highest BCUT2D eigenvalue weighted by Gasteiger charge is 2.50. The van der Waals surface area contributed by atoms with E-state index in [4.69, 9.17) is 23.2 Å². The Morgan fingerprint density at radius 1 is 1.19 bits per heavy atom. The van der Waals surface area contributed by atoms with Gasteiger partial charge >= 0.3 is 6.03 Å². The maximum absolute atomic E-state index is 12.7. The number of imide groups is 1. The molecule has 5 amide bonds. The summed E-state index contributed by atoms with van der Waals surface area (Å²) in [6.07, 6.45) is 0. The van der Waals surface area contributed by atoms with Gasteiger partial charge in [0.25, 0.3) is 5.91 Å². The summed E-state index contributed by atoms with van der Waals surface area (Å²) in [5, 5.41) is 8.03. The summed E-state index contributed by atoms with van der Waals surface area (Å²) in [6, 6.07) is 3.83. The molecule has 0 spiro atoms. The van der Waals surface area contributed by atoms with Gasteiger partial charge in [-0.2, -0.15) is 0 Å². The van der Waals surface area contributed by atoms with Gasteiger partial charge in [-0.15, -0.1) is 0 Å². The maximum atomic E-state index is 12.7. The standard InChI is InChI=1S/C16H18Cl2N4O4/c1-3-19-12(23)7-20-13(24)8-22-14(25)16(2,21-15(22)26)10-5-4-9(17)6-11(10)18/h4-6H,3,7-8H2,1-2H3,(H,19,23)(H,20,24)(H,21,26)/t16-/m0/s1. The quantitative estimate of drug-likeness (QED) is 0.619. The Morgan fingerprint density at radius 3 is 2.50 bits per heavy atom. The SMILES string of the molecule is CCNC(=O)CNC(=O)CN1C(=O)N[C@@](C)(c2ccc(Cl)cc2Cl)C1=O. The van der Waals surface area contributed by atoms with Gasteiger partial charge in [0.2, 0.25) is 11.8 Å². The fourth-order valence-electron chi connectivity index (χ4n) is 2.56. The van der Waals surface area contributed by atoms with E-state index < -0.39 is 29.9 Å². The van der Waals surface area contributed by atoms with E-state index in [-0.39, 0.29) is 17.5 Å². The first-order chi connectivity index (χ1) is 12.2. The van der Waals surface area contributed by atoms with E-state index in [1.165, 1.54) is 13.0 Å². The number of hydrogen-bond acceptors (Lipinski definition) is 4. The average molecular weight is 401 g/mol. The van der Waals surface area contributed by atoms with E-state index in [1.54, 1.807) is 19.1 Å². The topological polar surface area (TPSA) is 108 Å². The van der Waals surface area contributed by atoms with Crippen molar-refractivity contribution in [3.05, 3.63) is 33.8 Å². The van der Waals surface area contributed by atoms with Crippen molar-refractivity contribution in [1.29, 1.82) is 0 Å². The molecule has 0 unspecified atom stereocenters. The van der Waals surface area contributed by atoms with Crippen LogP contribution in [-0.4, -0.2) is 48.3 Å². The summed E-state index contributed by atoms with van der Waals surface area (Å²) in [5.74, 6) is -1.62. The number of rotatable bonds is 6. The normalized spacial score (nSPS) is 19.3. The molecule has 0 radical (unpaired) electrons. The van der Waals surface area contributed by atoms with Crippen molar-refractivity contribution >= 4 is 47.0 Å². The number of amides is 5. The molecular weight excluding hydrogens is 383 g/mol. The molecule has 2 rings (SSSR count). The molecule has 0 saturated carbocycles. The zero-order valence-electron chi connectivity index (χ0n) is 14.2. The summed E-state index contributed by atoms with van der Waals surface area (Å²) < 4.78 is 0. The third-order valence-corrected chi connectivity index (χ3v) is 4.41. The molecule has 1 fully saturated rings. The number of carbonyl (C=O) groups is 4. The Bertz CT molecular complexity index is 771. The molecule has 26 heavy (non-hydrogen) atoms. The second kappa shape index (κ2) is 7.92. The van der Waals surface area contributed by atoms with Crippen LogP contribution in [0.5, 0.6) is 0 Å². The van der Waals surface area contributed by atoms with Crippen molar-refractivity contribution in [3.8, 4) is 0 Å². The third-order valence-electron chi connectivity index (χ3n) is 3.87. The molecule has 0 bridgehead atoms. The van der Waals surface area contributed by atoms with Gasteiger partial charge in [-0.25, -0.2) is 4.79 Å². The summed E-state index contributed by atoms with van der Waals surface area (Å²) in [6.45, 7) is 2.92. The monoisotopic (exact) mass is 400 g/mol. The largest absolute Gasteiger partial charge is 0.355 e. The highest BCUT2D eigenvalue weighted by molar-refractivity contribution is 6.35. The number of benzene rings is 1. The Labute approximate surface area is 160 Å². The Hall–Kier alpha value is -2.32. The fourth-order valence-corrected chi connectivity index (χ4v) is 3.15. The summed E-state index contributed by atoms with van der Waals surface area (Å²) in [7, 11) is 0. The number of likely N-dealkylation sites (N-methyl/N-ethyl adjacent to an activating group) is 1. The molecular formula is C16H18Cl2N4O4. The van der Waals surface area contributed by atoms with Gasteiger partial charge in [0.05, 0.1) is 6.54 Å².